The van der Waals surface area contributed by atoms with E-state index in [1.807, 2.05) is 12.1 Å². The third-order valence-corrected chi connectivity index (χ3v) is 5.19. The number of unbranched alkanes of at least 4 members (excludes halogenated alkanes) is 1. The number of benzene rings is 2. The monoisotopic (exact) mass is 396 g/mol. The number of ether oxygens (including phenoxy) is 2. The first kappa shape index (κ1) is 20.7. The molecule has 0 spiro atoms. The lowest BCUT2D eigenvalue weighted by atomic mass is 9.98. The van der Waals surface area contributed by atoms with Crippen molar-refractivity contribution in [3.63, 3.8) is 0 Å². The maximum absolute atomic E-state index is 12.4. The zero-order valence-electron chi connectivity index (χ0n) is 17.0. The molecule has 1 aliphatic rings. The molecule has 0 bridgehead atoms. The molecule has 0 radical (unpaired) electrons. The van der Waals surface area contributed by atoms with Crippen LogP contribution in [0.2, 0.25) is 0 Å². The van der Waals surface area contributed by atoms with Crippen LogP contribution in [0, 0.1) is 0 Å². The molecule has 1 atom stereocenters. The van der Waals surface area contributed by atoms with E-state index in [0.29, 0.717) is 30.1 Å². The normalized spacial score (nSPS) is 14.8. The minimum absolute atomic E-state index is 0.197. The fraction of sp³-hybridized carbons (Fsp3) is 0.391. The summed E-state index contributed by atoms with van der Waals surface area (Å²) in [5, 5.41) is 0. The van der Waals surface area contributed by atoms with Crippen molar-refractivity contribution in [2.75, 3.05) is 13.7 Å². The molecule has 0 aromatic heterocycles. The largest absolute Gasteiger partial charge is 0.493 e. The second-order valence-electron chi connectivity index (χ2n) is 7.21. The van der Waals surface area contributed by atoms with Gasteiger partial charge >= 0.3 is 0 Å². The summed E-state index contributed by atoms with van der Waals surface area (Å²) in [6.45, 7) is 2.69. The summed E-state index contributed by atoms with van der Waals surface area (Å²) in [6, 6.07) is 13.2. The Bertz CT molecular complexity index is 866. The van der Waals surface area contributed by atoms with E-state index in [4.69, 9.17) is 9.47 Å². The number of rotatable bonds is 8. The molecule has 2 amide bonds. The summed E-state index contributed by atoms with van der Waals surface area (Å²) in [7, 11) is 1.53. The van der Waals surface area contributed by atoms with Gasteiger partial charge in [0.15, 0.2) is 11.5 Å². The first-order valence-corrected chi connectivity index (χ1v) is 10.1. The van der Waals surface area contributed by atoms with E-state index in [2.05, 4.69) is 29.9 Å². The van der Waals surface area contributed by atoms with Crippen LogP contribution in [0.15, 0.2) is 42.5 Å². The Labute approximate surface area is 171 Å². The average molecular weight is 396 g/mol. The number of hydrogen-bond donors (Lipinski definition) is 2. The van der Waals surface area contributed by atoms with Gasteiger partial charge in [0.1, 0.15) is 0 Å². The zero-order valence-corrected chi connectivity index (χ0v) is 17.0. The molecule has 0 saturated heterocycles. The Balaban J connectivity index is 1.53. The van der Waals surface area contributed by atoms with Gasteiger partial charge in [0.05, 0.1) is 13.7 Å². The quantitative estimate of drug-likeness (QED) is 0.526. The Morgan fingerprint density at radius 1 is 1.10 bits per heavy atom. The van der Waals surface area contributed by atoms with E-state index >= 15 is 0 Å². The standard InChI is InChI=1S/C23H28N2O4/c1-3-4-13-29-20-12-11-18(14-21(20)28-2)23(27)25-24-22(26)15-17-10-9-16-7-5-6-8-19(16)17/h5-8,11-12,14,17H,3-4,9-10,13,15H2,1-2H3,(H,24,26)(H,25,27). The topological polar surface area (TPSA) is 76.7 Å². The molecule has 0 fully saturated rings. The van der Waals surface area contributed by atoms with Crippen molar-refractivity contribution >= 4 is 11.8 Å². The zero-order chi connectivity index (χ0) is 20.6. The van der Waals surface area contributed by atoms with Crippen LogP contribution in [0.25, 0.3) is 0 Å². The van der Waals surface area contributed by atoms with Crippen molar-refractivity contribution in [1.82, 2.24) is 10.9 Å². The van der Waals surface area contributed by atoms with Crippen LogP contribution >= 0.6 is 0 Å². The molecule has 0 saturated carbocycles. The molecule has 1 unspecified atom stereocenters. The molecule has 154 valence electrons. The maximum Gasteiger partial charge on any atom is 0.269 e. The number of carbonyl (C=O) groups excluding carboxylic acids is 2. The second kappa shape index (κ2) is 9.96. The third kappa shape index (κ3) is 5.28. The molecule has 0 heterocycles. The predicted octanol–water partition coefficient (Wildman–Crippen LogP) is 3.76. The van der Waals surface area contributed by atoms with E-state index in [0.717, 1.165) is 25.7 Å². The number of hydrogen-bond acceptors (Lipinski definition) is 4. The van der Waals surface area contributed by atoms with Crippen molar-refractivity contribution in [3.8, 4) is 11.5 Å². The summed E-state index contributed by atoms with van der Waals surface area (Å²) in [5.74, 6) is 0.682. The number of fused-ring (bicyclic) bond motifs is 1. The van der Waals surface area contributed by atoms with E-state index in [9.17, 15) is 9.59 Å². The lowest BCUT2D eigenvalue weighted by Crippen LogP contribution is -2.42. The highest BCUT2D eigenvalue weighted by molar-refractivity contribution is 5.96. The van der Waals surface area contributed by atoms with Crippen LogP contribution in [0.5, 0.6) is 11.5 Å². The van der Waals surface area contributed by atoms with Gasteiger partial charge in [-0.15, -0.1) is 0 Å². The van der Waals surface area contributed by atoms with Crippen LogP contribution in [0.4, 0.5) is 0 Å². The maximum atomic E-state index is 12.4. The van der Waals surface area contributed by atoms with Crippen LogP contribution in [-0.2, 0) is 11.2 Å². The van der Waals surface area contributed by atoms with Gasteiger partial charge in [-0.2, -0.15) is 0 Å². The Morgan fingerprint density at radius 2 is 1.93 bits per heavy atom. The fourth-order valence-corrected chi connectivity index (χ4v) is 3.59. The van der Waals surface area contributed by atoms with Gasteiger partial charge in [-0.25, -0.2) is 0 Å². The molecule has 2 aromatic carbocycles. The number of amides is 2. The van der Waals surface area contributed by atoms with Crippen molar-refractivity contribution < 1.29 is 19.1 Å². The van der Waals surface area contributed by atoms with E-state index in [1.54, 1.807) is 18.2 Å². The highest BCUT2D eigenvalue weighted by Crippen LogP contribution is 2.35. The van der Waals surface area contributed by atoms with Gasteiger partial charge in [-0.3, -0.25) is 20.4 Å². The third-order valence-electron chi connectivity index (χ3n) is 5.19. The fourth-order valence-electron chi connectivity index (χ4n) is 3.59. The molecule has 2 aromatic rings. The van der Waals surface area contributed by atoms with E-state index in [-0.39, 0.29) is 11.8 Å². The second-order valence-corrected chi connectivity index (χ2v) is 7.21. The molecule has 6 nitrogen and oxygen atoms in total. The average Bonchev–Trinajstić information content (AvgIpc) is 3.15. The number of hydrazine groups is 1. The van der Waals surface area contributed by atoms with Gasteiger partial charge < -0.3 is 9.47 Å². The summed E-state index contributed by atoms with van der Waals surface area (Å²) in [4.78, 5) is 24.7. The smallest absolute Gasteiger partial charge is 0.269 e. The molecule has 3 rings (SSSR count). The van der Waals surface area contributed by atoms with Crippen LogP contribution in [0.1, 0.15) is 60.0 Å². The van der Waals surface area contributed by atoms with Crippen molar-refractivity contribution in [1.29, 1.82) is 0 Å². The number of nitrogens with one attached hydrogen (secondary N) is 2. The Hall–Kier alpha value is -3.02. The summed E-state index contributed by atoms with van der Waals surface area (Å²) in [5.41, 5.74) is 7.93. The van der Waals surface area contributed by atoms with E-state index in [1.165, 1.54) is 18.2 Å². The first-order valence-electron chi connectivity index (χ1n) is 10.1. The van der Waals surface area contributed by atoms with Gasteiger partial charge in [0.2, 0.25) is 5.91 Å². The molecule has 0 aliphatic heterocycles. The minimum Gasteiger partial charge on any atom is -0.493 e. The SMILES string of the molecule is CCCCOc1ccc(C(=O)NNC(=O)CC2CCc3ccccc32)cc1OC. The summed E-state index contributed by atoms with van der Waals surface area (Å²) in [6.07, 6.45) is 4.28. The van der Waals surface area contributed by atoms with Crippen molar-refractivity contribution in [2.24, 2.45) is 0 Å². The summed E-state index contributed by atoms with van der Waals surface area (Å²) < 4.78 is 11.0. The van der Waals surface area contributed by atoms with Gasteiger partial charge in [0.25, 0.3) is 5.91 Å². The molecule has 6 heteroatoms. The molecular weight excluding hydrogens is 368 g/mol. The van der Waals surface area contributed by atoms with Gasteiger partial charge in [-0.05, 0) is 54.5 Å². The number of aryl methyl sites for hydroxylation is 1. The lowest BCUT2D eigenvalue weighted by Gasteiger charge is -2.14. The van der Waals surface area contributed by atoms with Crippen molar-refractivity contribution in [3.05, 3.63) is 59.2 Å². The number of methoxy groups -OCH3 is 1. The first-order chi connectivity index (χ1) is 14.1. The van der Waals surface area contributed by atoms with Crippen molar-refractivity contribution in [2.45, 2.75) is 44.9 Å². The van der Waals surface area contributed by atoms with E-state index < -0.39 is 5.91 Å². The number of carbonyl (C=O) groups is 2. The highest BCUT2D eigenvalue weighted by atomic mass is 16.5. The van der Waals surface area contributed by atoms with Gasteiger partial charge in [0, 0.05) is 12.0 Å². The molecule has 2 N–H and O–H groups in total. The van der Waals surface area contributed by atoms with Crippen LogP contribution < -0.4 is 20.3 Å². The van der Waals surface area contributed by atoms with Crippen LogP contribution in [-0.4, -0.2) is 25.5 Å². The highest BCUT2D eigenvalue weighted by Gasteiger charge is 2.24. The van der Waals surface area contributed by atoms with Gasteiger partial charge in [-0.1, -0.05) is 37.6 Å². The lowest BCUT2D eigenvalue weighted by molar-refractivity contribution is -0.122. The predicted molar refractivity (Wildman–Crippen MR) is 111 cm³/mol. The minimum atomic E-state index is -0.399. The molecule has 1 aliphatic carbocycles. The Kier molecular flexibility index (Phi) is 7.11. The Morgan fingerprint density at radius 3 is 2.72 bits per heavy atom. The van der Waals surface area contributed by atoms with Crippen LogP contribution in [0.3, 0.4) is 0 Å². The molecule has 29 heavy (non-hydrogen) atoms. The summed E-state index contributed by atoms with van der Waals surface area (Å²) >= 11 is 0. The molecular formula is C23H28N2O4.